The number of benzene rings is 1. The first kappa shape index (κ1) is 10.2. The molecule has 0 aliphatic rings. The van der Waals surface area contributed by atoms with Crippen LogP contribution in [0.15, 0.2) is 24.3 Å². The smallest absolute Gasteiger partial charge is 0.146 e. The lowest BCUT2D eigenvalue weighted by atomic mass is 10.1. The molecule has 0 N–H and O–H groups in total. The van der Waals surface area contributed by atoms with Crippen molar-refractivity contribution >= 4 is 0 Å². The van der Waals surface area contributed by atoms with Gasteiger partial charge in [0.15, 0.2) is 0 Å². The highest BCUT2D eigenvalue weighted by Gasteiger charge is 1.92. The predicted octanol–water partition coefficient (Wildman–Crippen LogP) is 2.16. The van der Waals surface area contributed by atoms with Gasteiger partial charge in [-0.3, -0.25) is 0 Å². The van der Waals surface area contributed by atoms with Gasteiger partial charge in [0.25, 0.3) is 0 Å². The third-order valence-electron chi connectivity index (χ3n) is 1.82. The second-order valence-electron chi connectivity index (χ2n) is 3.05. The highest BCUT2D eigenvalue weighted by molar-refractivity contribution is 5.22. The SMILES string of the molecule is COCOCCc1cccc(C)c1. The van der Waals surface area contributed by atoms with Crippen LogP contribution in [0.3, 0.4) is 0 Å². The second-order valence-corrected chi connectivity index (χ2v) is 3.05. The Bertz CT molecular complexity index is 246. The summed E-state index contributed by atoms with van der Waals surface area (Å²) in [7, 11) is 1.63. The topological polar surface area (TPSA) is 18.5 Å². The molecule has 72 valence electrons. The zero-order valence-electron chi connectivity index (χ0n) is 8.25. The van der Waals surface area contributed by atoms with Crippen molar-refractivity contribution in [1.29, 1.82) is 0 Å². The summed E-state index contributed by atoms with van der Waals surface area (Å²) < 4.78 is 9.99. The van der Waals surface area contributed by atoms with Crippen molar-refractivity contribution in [3.8, 4) is 0 Å². The average molecular weight is 180 g/mol. The van der Waals surface area contributed by atoms with Gasteiger partial charge in [0.05, 0.1) is 6.61 Å². The van der Waals surface area contributed by atoms with Crippen LogP contribution in [0.25, 0.3) is 0 Å². The highest BCUT2D eigenvalue weighted by atomic mass is 16.7. The fraction of sp³-hybridized carbons (Fsp3) is 0.455. The molecular formula is C11H16O2. The van der Waals surface area contributed by atoms with E-state index in [4.69, 9.17) is 9.47 Å². The fourth-order valence-corrected chi connectivity index (χ4v) is 1.20. The van der Waals surface area contributed by atoms with Crippen LogP contribution in [-0.2, 0) is 15.9 Å². The molecule has 2 heteroatoms. The highest BCUT2D eigenvalue weighted by Crippen LogP contribution is 2.04. The molecule has 0 bridgehead atoms. The third-order valence-corrected chi connectivity index (χ3v) is 1.82. The van der Waals surface area contributed by atoms with Crippen molar-refractivity contribution in [3.63, 3.8) is 0 Å². The van der Waals surface area contributed by atoms with Crippen LogP contribution < -0.4 is 0 Å². The summed E-state index contributed by atoms with van der Waals surface area (Å²) in [5, 5.41) is 0. The summed E-state index contributed by atoms with van der Waals surface area (Å²) >= 11 is 0. The van der Waals surface area contributed by atoms with E-state index in [-0.39, 0.29) is 0 Å². The largest absolute Gasteiger partial charge is 0.359 e. The average Bonchev–Trinajstić information content (AvgIpc) is 2.13. The van der Waals surface area contributed by atoms with Crippen LogP contribution in [0, 0.1) is 6.92 Å². The monoisotopic (exact) mass is 180 g/mol. The first-order valence-electron chi connectivity index (χ1n) is 4.45. The van der Waals surface area contributed by atoms with E-state index >= 15 is 0 Å². The number of hydrogen-bond donors (Lipinski definition) is 0. The Morgan fingerprint density at radius 2 is 2.15 bits per heavy atom. The van der Waals surface area contributed by atoms with Crippen molar-refractivity contribution in [1.82, 2.24) is 0 Å². The Hall–Kier alpha value is -0.860. The molecule has 0 atom stereocenters. The molecule has 0 aliphatic heterocycles. The van der Waals surface area contributed by atoms with Crippen LogP contribution in [0.4, 0.5) is 0 Å². The second kappa shape index (κ2) is 5.73. The van der Waals surface area contributed by atoms with E-state index in [0.717, 1.165) is 13.0 Å². The summed E-state index contributed by atoms with van der Waals surface area (Å²) in [6.45, 7) is 3.20. The Balaban J connectivity index is 2.28. The van der Waals surface area contributed by atoms with E-state index in [0.29, 0.717) is 6.79 Å². The minimum atomic E-state index is 0.381. The maximum atomic E-state index is 5.20. The molecule has 0 saturated heterocycles. The van der Waals surface area contributed by atoms with Crippen LogP contribution in [0.2, 0.25) is 0 Å². The molecule has 0 radical (unpaired) electrons. The molecule has 0 saturated carbocycles. The first-order chi connectivity index (χ1) is 6.33. The third kappa shape index (κ3) is 4.06. The molecule has 0 unspecified atom stereocenters. The van der Waals surface area contributed by atoms with Crippen molar-refractivity contribution < 1.29 is 9.47 Å². The zero-order valence-corrected chi connectivity index (χ0v) is 8.25. The fourth-order valence-electron chi connectivity index (χ4n) is 1.20. The normalized spacial score (nSPS) is 10.3. The van der Waals surface area contributed by atoms with Crippen molar-refractivity contribution in [3.05, 3.63) is 35.4 Å². The van der Waals surface area contributed by atoms with Crippen molar-refractivity contribution in [2.75, 3.05) is 20.5 Å². The number of methoxy groups -OCH3 is 1. The van der Waals surface area contributed by atoms with Gasteiger partial charge in [-0.2, -0.15) is 0 Å². The van der Waals surface area contributed by atoms with E-state index in [9.17, 15) is 0 Å². The number of rotatable bonds is 5. The molecule has 1 aromatic carbocycles. The van der Waals surface area contributed by atoms with E-state index in [1.165, 1.54) is 11.1 Å². The minimum absolute atomic E-state index is 0.381. The number of hydrogen-bond acceptors (Lipinski definition) is 2. The maximum absolute atomic E-state index is 5.20. The summed E-state index contributed by atoms with van der Waals surface area (Å²) in [6.07, 6.45) is 0.949. The molecule has 0 spiro atoms. The van der Waals surface area contributed by atoms with Gasteiger partial charge in [-0.25, -0.2) is 0 Å². The van der Waals surface area contributed by atoms with E-state index in [2.05, 4.69) is 31.2 Å². The van der Waals surface area contributed by atoms with Gasteiger partial charge in [-0.1, -0.05) is 29.8 Å². The molecule has 0 amide bonds. The Labute approximate surface area is 79.5 Å². The molecule has 2 nitrogen and oxygen atoms in total. The van der Waals surface area contributed by atoms with Gasteiger partial charge >= 0.3 is 0 Å². The summed E-state index contributed by atoms with van der Waals surface area (Å²) in [5.74, 6) is 0. The van der Waals surface area contributed by atoms with E-state index < -0.39 is 0 Å². The molecule has 0 heterocycles. The quantitative estimate of drug-likeness (QED) is 0.510. The van der Waals surface area contributed by atoms with Crippen LogP contribution >= 0.6 is 0 Å². The molecule has 0 aliphatic carbocycles. The van der Waals surface area contributed by atoms with Gasteiger partial charge in [-0.15, -0.1) is 0 Å². The van der Waals surface area contributed by atoms with Gasteiger partial charge in [0.1, 0.15) is 6.79 Å². The first-order valence-corrected chi connectivity index (χ1v) is 4.45. The van der Waals surface area contributed by atoms with Gasteiger partial charge in [0, 0.05) is 7.11 Å². The lowest BCUT2D eigenvalue weighted by Crippen LogP contribution is -2.01. The van der Waals surface area contributed by atoms with Crippen LogP contribution in [0.1, 0.15) is 11.1 Å². The molecule has 1 rings (SSSR count). The van der Waals surface area contributed by atoms with Gasteiger partial charge in [0.2, 0.25) is 0 Å². The van der Waals surface area contributed by atoms with Crippen LogP contribution in [0.5, 0.6) is 0 Å². The Kier molecular flexibility index (Phi) is 4.50. The molecule has 0 aromatic heterocycles. The van der Waals surface area contributed by atoms with E-state index in [1.54, 1.807) is 7.11 Å². The van der Waals surface area contributed by atoms with E-state index in [1.807, 2.05) is 0 Å². The number of aryl methyl sites for hydroxylation is 1. The number of ether oxygens (including phenoxy) is 2. The minimum Gasteiger partial charge on any atom is -0.359 e. The predicted molar refractivity (Wildman–Crippen MR) is 52.7 cm³/mol. The van der Waals surface area contributed by atoms with Crippen LogP contribution in [-0.4, -0.2) is 20.5 Å². The Morgan fingerprint density at radius 1 is 1.31 bits per heavy atom. The Morgan fingerprint density at radius 3 is 2.85 bits per heavy atom. The lowest BCUT2D eigenvalue weighted by Gasteiger charge is -2.03. The van der Waals surface area contributed by atoms with Gasteiger partial charge < -0.3 is 9.47 Å². The summed E-state index contributed by atoms with van der Waals surface area (Å²) in [5.41, 5.74) is 2.61. The standard InChI is InChI=1S/C11H16O2/c1-10-4-3-5-11(8-10)6-7-13-9-12-2/h3-5,8H,6-7,9H2,1-2H3. The lowest BCUT2D eigenvalue weighted by molar-refractivity contribution is -0.0291. The van der Waals surface area contributed by atoms with Crippen molar-refractivity contribution in [2.45, 2.75) is 13.3 Å². The molecular weight excluding hydrogens is 164 g/mol. The maximum Gasteiger partial charge on any atom is 0.146 e. The molecule has 13 heavy (non-hydrogen) atoms. The van der Waals surface area contributed by atoms with Crippen molar-refractivity contribution in [2.24, 2.45) is 0 Å². The van der Waals surface area contributed by atoms with Gasteiger partial charge in [-0.05, 0) is 18.9 Å². The summed E-state index contributed by atoms with van der Waals surface area (Å²) in [4.78, 5) is 0. The molecule has 0 fully saturated rings. The summed E-state index contributed by atoms with van der Waals surface area (Å²) in [6, 6.07) is 8.46. The molecule has 1 aromatic rings. The zero-order chi connectivity index (χ0) is 9.52.